The molecule has 1 aliphatic heterocycles. The molecule has 0 aliphatic carbocycles. The second-order valence-corrected chi connectivity index (χ2v) is 8.04. The summed E-state index contributed by atoms with van der Waals surface area (Å²) in [6.45, 7) is 3.17. The van der Waals surface area contributed by atoms with Crippen LogP contribution in [0.25, 0.3) is 0 Å². The van der Waals surface area contributed by atoms with Gasteiger partial charge < -0.3 is 14.5 Å². The number of hydrazine groups is 1. The number of piperazine rings is 1. The molecule has 2 aromatic rings. The SMILES string of the molecule is Cc1cc(C(=O)NNC(=O)COCC(=O)N2CCN(c3cccc(Cl)c3)CC2)ccc1[N+](=O)[O-]. The first-order valence-electron chi connectivity index (χ1n) is 10.4. The Labute approximate surface area is 200 Å². The first kappa shape index (κ1) is 24.9. The van der Waals surface area contributed by atoms with Gasteiger partial charge in [0.2, 0.25) is 5.91 Å². The third-order valence-corrected chi connectivity index (χ3v) is 5.47. The van der Waals surface area contributed by atoms with E-state index in [1.54, 1.807) is 11.0 Å². The third-order valence-electron chi connectivity index (χ3n) is 5.24. The average molecular weight is 490 g/mol. The van der Waals surface area contributed by atoms with Crippen molar-refractivity contribution in [3.63, 3.8) is 0 Å². The van der Waals surface area contributed by atoms with Crippen molar-refractivity contribution in [2.45, 2.75) is 6.92 Å². The van der Waals surface area contributed by atoms with E-state index in [0.717, 1.165) is 5.69 Å². The van der Waals surface area contributed by atoms with Crippen LogP contribution in [0.3, 0.4) is 0 Å². The number of hydrogen-bond donors (Lipinski definition) is 2. The first-order valence-corrected chi connectivity index (χ1v) is 10.8. The lowest BCUT2D eigenvalue weighted by molar-refractivity contribution is -0.385. The highest BCUT2D eigenvalue weighted by atomic mass is 35.5. The highest BCUT2D eigenvalue weighted by molar-refractivity contribution is 6.30. The number of halogens is 1. The summed E-state index contributed by atoms with van der Waals surface area (Å²) in [6.07, 6.45) is 0. The van der Waals surface area contributed by atoms with E-state index in [4.69, 9.17) is 16.3 Å². The number of benzene rings is 2. The van der Waals surface area contributed by atoms with Crippen molar-refractivity contribution in [1.82, 2.24) is 15.8 Å². The number of hydrogen-bond acceptors (Lipinski definition) is 7. The van der Waals surface area contributed by atoms with Crippen LogP contribution in [0.1, 0.15) is 15.9 Å². The van der Waals surface area contributed by atoms with Gasteiger partial charge in [-0.2, -0.15) is 0 Å². The van der Waals surface area contributed by atoms with E-state index < -0.39 is 23.3 Å². The molecule has 1 fully saturated rings. The zero-order chi connectivity index (χ0) is 24.7. The van der Waals surface area contributed by atoms with Crippen LogP contribution in [-0.4, -0.2) is 66.9 Å². The average Bonchev–Trinajstić information content (AvgIpc) is 2.82. The molecule has 3 rings (SSSR count). The molecule has 0 bridgehead atoms. The maximum Gasteiger partial charge on any atom is 0.272 e. The van der Waals surface area contributed by atoms with E-state index in [1.807, 2.05) is 18.2 Å². The number of nitro benzene ring substituents is 1. The Morgan fingerprint density at radius 2 is 1.79 bits per heavy atom. The first-order chi connectivity index (χ1) is 16.2. The predicted molar refractivity (Wildman–Crippen MR) is 125 cm³/mol. The number of amides is 3. The zero-order valence-electron chi connectivity index (χ0n) is 18.5. The monoisotopic (exact) mass is 489 g/mol. The topological polar surface area (TPSA) is 134 Å². The molecule has 0 spiro atoms. The summed E-state index contributed by atoms with van der Waals surface area (Å²) in [5, 5.41) is 11.5. The van der Waals surface area contributed by atoms with Crippen molar-refractivity contribution in [1.29, 1.82) is 0 Å². The lowest BCUT2D eigenvalue weighted by atomic mass is 10.1. The summed E-state index contributed by atoms with van der Waals surface area (Å²) in [6, 6.07) is 11.4. The Kier molecular flexibility index (Phi) is 8.39. The largest absolute Gasteiger partial charge is 0.368 e. The second-order valence-electron chi connectivity index (χ2n) is 7.60. The summed E-state index contributed by atoms with van der Waals surface area (Å²) in [4.78, 5) is 50.5. The van der Waals surface area contributed by atoms with Gasteiger partial charge in [0, 0.05) is 54.1 Å². The van der Waals surface area contributed by atoms with Gasteiger partial charge in [0.25, 0.3) is 17.5 Å². The molecular weight excluding hydrogens is 466 g/mol. The van der Waals surface area contributed by atoms with Gasteiger partial charge in [0.15, 0.2) is 0 Å². The summed E-state index contributed by atoms with van der Waals surface area (Å²) >= 11 is 6.03. The molecule has 12 heteroatoms. The maximum absolute atomic E-state index is 12.3. The Morgan fingerprint density at radius 3 is 2.44 bits per heavy atom. The normalized spacial score (nSPS) is 13.4. The van der Waals surface area contributed by atoms with Crippen molar-refractivity contribution in [2.75, 3.05) is 44.3 Å². The van der Waals surface area contributed by atoms with Gasteiger partial charge in [0.1, 0.15) is 13.2 Å². The minimum absolute atomic E-state index is 0.107. The molecule has 0 radical (unpaired) electrons. The van der Waals surface area contributed by atoms with Gasteiger partial charge in [-0.3, -0.25) is 35.3 Å². The Bertz CT molecular complexity index is 1090. The summed E-state index contributed by atoms with van der Waals surface area (Å²) in [5.74, 6) is -1.52. The van der Waals surface area contributed by atoms with Crippen LogP contribution in [0.4, 0.5) is 11.4 Å². The Balaban J connectivity index is 1.35. The van der Waals surface area contributed by atoms with E-state index in [9.17, 15) is 24.5 Å². The molecule has 0 atom stereocenters. The Morgan fingerprint density at radius 1 is 1.06 bits per heavy atom. The minimum Gasteiger partial charge on any atom is -0.368 e. The van der Waals surface area contributed by atoms with Gasteiger partial charge in [-0.05, 0) is 37.3 Å². The van der Waals surface area contributed by atoms with E-state index in [2.05, 4.69) is 15.8 Å². The number of aryl methyl sites for hydroxylation is 1. The van der Waals surface area contributed by atoms with Crippen LogP contribution in [0.2, 0.25) is 5.02 Å². The molecule has 180 valence electrons. The van der Waals surface area contributed by atoms with Gasteiger partial charge in [-0.15, -0.1) is 0 Å². The zero-order valence-corrected chi connectivity index (χ0v) is 19.2. The number of anilines is 1. The second kappa shape index (κ2) is 11.4. The molecule has 0 unspecified atom stereocenters. The fourth-order valence-electron chi connectivity index (χ4n) is 3.45. The number of rotatable bonds is 7. The van der Waals surface area contributed by atoms with E-state index >= 15 is 0 Å². The molecule has 11 nitrogen and oxygen atoms in total. The van der Waals surface area contributed by atoms with Crippen molar-refractivity contribution in [2.24, 2.45) is 0 Å². The maximum atomic E-state index is 12.3. The molecule has 34 heavy (non-hydrogen) atoms. The molecule has 2 aromatic carbocycles. The standard InChI is InChI=1S/C22H24ClN5O6/c1-15-11-16(5-6-19(15)28(32)33)22(31)25-24-20(29)13-34-14-21(30)27-9-7-26(8-10-27)18-4-2-3-17(23)12-18/h2-6,11-12H,7-10,13-14H2,1H3,(H,24,29)(H,25,31). The number of nitrogens with zero attached hydrogens (tertiary/aromatic N) is 3. The van der Waals surface area contributed by atoms with Gasteiger partial charge in [-0.1, -0.05) is 17.7 Å². The highest BCUT2D eigenvalue weighted by Gasteiger charge is 2.22. The fourth-order valence-corrected chi connectivity index (χ4v) is 3.63. The molecule has 0 aromatic heterocycles. The number of nitrogens with one attached hydrogen (secondary N) is 2. The molecular formula is C22H24ClN5O6. The molecule has 1 heterocycles. The summed E-state index contributed by atoms with van der Waals surface area (Å²) in [5.41, 5.74) is 5.74. The van der Waals surface area contributed by atoms with Crippen LogP contribution in [0.5, 0.6) is 0 Å². The smallest absolute Gasteiger partial charge is 0.272 e. The lowest BCUT2D eigenvalue weighted by Crippen LogP contribution is -2.50. The molecule has 1 aliphatic rings. The van der Waals surface area contributed by atoms with Crippen molar-refractivity contribution >= 4 is 40.7 Å². The molecule has 3 amide bonds. The molecule has 2 N–H and O–H groups in total. The van der Waals surface area contributed by atoms with E-state index in [-0.39, 0.29) is 23.8 Å². The molecule has 1 saturated heterocycles. The van der Waals surface area contributed by atoms with Gasteiger partial charge >= 0.3 is 0 Å². The quantitative estimate of drug-likeness (QED) is 0.446. The number of ether oxygens (including phenoxy) is 1. The predicted octanol–water partition coefficient (Wildman–Crippen LogP) is 1.68. The minimum atomic E-state index is -0.648. The Hall–Kier alpha value is -3.70. The van der Waals surface area contributed by atoms with Crippen LogP contribution in [-0.2, 0) is 14.3 Å². The van der Waals surface area contributed by atoms with Crippen molar-refractivity contribution < 1.29 is 24.0 Å². The number of nitro groups is 1. The number of carbonyl (C=O) groups excluding carboxylic acids is 3. The van der Waals surface area contributed by atoms with Crippen LogP contribution < -0.4 is 15.8 Å². The van der Waals surface area contributed by atoms with E-state index in [0.29, 0.717) is 36.8 Å². The number of carbonyl (C=O) groups is 3. The van der Waals surface area contributed by atoms with E-state index in [1.165, 1.54) is 25.1 Å². The fraction of sp³-hybridized carbons (Fsp3) is 0.318. The summed E-state index contributed by atoms with van der Waals surface area (Å²) in [7, 11) is 0. The van der Waals surface area contributed by atoms with Crippen molar-refractivity contribution in [3.05, 3.63) is 68.7 Å². The lowest BCUT2D eigenvalue weighted by Gasteiger charge is -2.36. The van der Waals surface area contributed by atoms with Gasteiger partial charge in [-0.25, -0.2) is 0 Å². The van der Waals surface area contributed by atoms with Gasteiger partial charge in [0.05, 0.1) is 4.92 Å². The van der Waals surface area contributed by atoms with Crippen molar-refractivity contribution in [3.8, 4) is 0 Å². The van der Waals surface area contributed by atoms with Crippen LogP contribution in [0.15, 0.2) is 42.5 Å². The van der Waals surface area contributed by atoms with Crippen LogP contribution >= 0.6 is 11.6 Å². The molecule has 0 saturated carbocycles. The third kappa shape index (κ3) is 6.65. The summed E-state index contributed by atoms with van der Waals surface area (Å²) < 4.78 is 5.18. The van der Waals surface area contributed by atoms with Crippen LogP contribution in [0, 0.1) is 17.0 Å². The highest BCUT2D eigenvalue weighted by Crippen LogP contribution is 2.21.